The molecule has 0 aliphatic rings. The lowest BCUT2D eigenvalue weighted by molar-refractivity contribution is -0.169. The van der Waals surface area contributed by atoms with Crippen LogP contribution in [0.3, 0.4) is 0 Å². The number of nitrogens with one attached hydrogen (secondary N) is 1. The first kappa shape index (κ1) is 56.3. The summed E-state index contributed by atoms with van der Waals surface area (Å²) in [5.41, 5.74) is -0.784. The van der Waals surface area contributed by atoms with Gasteiger partial charge in [-0.15, -0.1) is 0 Å². The van der Waals surface area contributed by atoms with E-state index in [1.54, 1.807) is 7.11 Å². The second-order valence-corrected chi connectivity index (χ2v) is 18.4. The Kier molecular flexibility index (Phi) is 38.3. The molecule has 0 aromatic heterocycles. The summed E-state index contributed by atoms with van der Waals surface area (Å²) in [6.07, 6.45) is 38.7. The fourth-order valence-electron chi connectivity index (χ4n) is 7.22. The highest BCUT2D eigenvalue weighted by Crippen LogP contribution is 2.20. The number of ether oxygens (including phenoxy) is 4. The number of hydrogen-bond donors (Lipinski definition) is 1. The van der Waals surface area contributed by atoms with Gasteiger partial charge in [0.2, 0.25) is 12.0 Å². The number of hydrogen-bond acceptors (Lipinski definition) is 7. The Hall–Kier alpha value is -1.67. The van der Waals surface area contributed by atoms with Crippen molar-refractivity contribution in [3.8, 4) is 0 Å². The van der Waals surface area contributed by atoms with Gasteiger partial charge in [-0.25, -0.2) is 4.79 Å². The maximum absolute atomic E-state index is 13.2. The van der Waals surface area contributed by atoms with Crippen LogP contribution in [0.1, 0.15) is 260 Å². The Labute approximate surface area is 359 Å². The minimum atomic E-state index is -1.17. The third-order valence-electron chi connectivity index (χ3n) is 11.7. The molecule has 8 heteroatoms. The molecule has 8 nitrogen and oxygen atoms in total. The minimum Gasteiger partial charge on any atom is -0.463 e. The maximum atomic E-state index is 13.2. The summed E-state index contributed by atoms with van der Waals surface area (Å²) in [5, 5.41) is 2.84. The summed E-state index contributed by atoms with van der Waals surface area (Å²) in [6, 6.07) is 0. The van der Waals surface area contributed by atoms with Crippen molar-refractivity contribution in [1.29, 1.82) is 0 Å². The van der Waals surface area contributed by atoms with E-state index < -0.39 is 23.6 Å². The average molecular weight is 824 g/mol. The second kappa shape index (κ2) is 39.5. The lowest BCUT2D eigenvalue weighted by Crippen LogP contribution is -2.41. The molecule has 1 atom stereocenters. The molecule has 0 spiro atoms. The summed E-state index contributed by atoms with van der Waals surface area (Å²) in [7, 11) is 1.69. The smallest absolute Gasteiger partial charge is 0.349 e. The van der Waals surface area contributed by atoms with Crippen LogP contribution in [0.5, 0.6) is 0 Å². The first-order chi connectivity index (χ1) is 28.0. The summed E-state index contributed by atoms with van der Waals surface area (Å²) in [6.45, 7) is 13.1. The number of methoxy groups -OCH3 is 1. The van der Waals surface area contributed by atoms with Crippen molar-refractivity contribution >= 4 is 17.8 Å². The zero-order valence-corrected chi connectivity index (χ0v) is 39.6. The molecule has 0 aliphatic heterocycles. The number of carbonyl (C=O) groups is 3. The van der Waals surface area contributed by atoms with Gasteiger partial charge in [-0.1, -0.05) is 194 Å². The predicted molar refractivity (Wildman–Crippen MR) is 243 cm³/mol. The van der Waals surface area contributed by atoms with E-state index >= 15 is 0 Å². The minimum absolute atomic E-state index is 0.0764. The molecule has 1 amide bonds. The van der Waals surface area contributed by atoms with Crippen molar-refractivity contribution < 1.29 is 33.3 Å². The molecule has 0 heterocycles. The summed E-state index contributed by atoms with van der Waals surface area (Å²) in [5.74, 6) is -1.18. The molecule has 0 aromatic carbocycles. The maximum Gasteiger partial charge on any atom is 0.349 e. The zero-order chi connectivity index (χ0) is 43.0. The number of unbranched alkanes of at least 4 members (excludes halogenated alkanes) is 28. The van der Waals surface area contributed by atoms with Crippen molar-refractivity contribution in [3.63, 3.8) is 0 Å². The van der Waals surface area contributed by atoms with E-state index in [0.717, 1.165) is 44.9 Å². The van der Waals surface area contributed by atoms with Crippen LogP contribution in [-0.2, 0) is 33.3 Å². The van der Waals surface area contributed by atoms with Gasteiger partial charge in [-0.05, 0) is 47.0 Å². The third-order valence-corrected chi connectivity index (χ3v) is 11.7. The van der Waals surface area contributed by atoms with Gasteiger partial charge in [0.05, 0.1) is 31.0 Å². The molecular formula is C50H97NO7. The molecule has 0 aromatic rings. The van der Waals surface area contributed by atoms with Gasteiger partial charge >= 0.3 is 11.9 Å². The molecule has 1 unspecified atom stereocenters. The number of rotatable bonds is 44. The first-order valence-corrected chi connectivity index (χ1v) is 24.8. The molecule has 0 aliphatic carbocycles. The van der Waals surface area contributed by atoms with Crippen LogP contribution in [0.2, 0.25) is 0 Å². The third kappa shape index (κ3) is 38.5. The normalized spacial score (nSPS) is 12.5. The van der Waals surface area contributed by atoms with Gasteiger partial charge in [0.25, 0.3) is 0 Å². The van der Waals surface area contributed by atoms with Crippen LogP contribution in [0.4, 0.5) is 0 Å². The van der Waals surface area contributed by atoms with E-state index in [4.69, 9.17) is 18.9 Å². The molecule has 0 bridgehead atoms. The molecule has 58 heavy (non-hydrogen) atoms. The number of amides is 1. The zero-order valence-electron chi connectivity index (χ0n) is 39.6. The Bertz CT molecular complexity index is 952. The summed E-state index contributed by atoms with van der Waals surface area (Å²) in [4.78, 5) is 38.8. The van der Waals surface area contributed by atoms with Crippen molar-refractivity contribution in [2.75, 3.05) is 26.9 Å². The van der Waals surface area contributed by atoms with Crippen LogP contribution in [0.15, 0.2) is 0 Å². The van der Waals surface area contributed by atoms with Crippen LogP contribution in [0.25, 0.3) is 0 Å². The first-order valence-electron chi connectivity index (χ1n) is 24.8. The summed E-state index contributed by atoms with van der Waals surface area (Å²) >= 11 is 0. The molecule has 0 radical (unpaired) electrons. The van der Waals surface area contributed by atoms with E-state index in [-0.39, 0.29) is 31.1 Å². The van der Waals surface area contributed by atoms with Gasteiger partial charge < -0.3 is 24.3 Å². The van der Waals surface area contributed by atoms with Crippen molar-refractivity contribution in [3.05, 3.63) is 0 Å². The lowest BCUT2D eigenvalue weighted by Gasteiger charge is -2.29. The standard InChI is InChI=1S/C50H97NO7/c1-8-10-12-14-16-18-20-22-24-26-28-30-32-34-36-38-46(52)51-44-45(48(54)56-42-40-50(5,6)57-43-41-49(3,4)55-7)58-47(53)39-37-35-33-31-29-27-25-23-21-19-17-15-13-11-9-2/h45H,8-44H2,1-7H3,(H,51,52). The number of carbonyl (C=O) groups excluding carboxylic acids is 3. The molecule has 0 saturated carbocycles. The molecule has 0 saturated heterocycles. The Morgan fingerprint density at radius 3 is 1.24 bits per heavy atom. The SMILES string of the molecule is CCCCCCCCCCCCCCCCCC(=O)NCC(OC(=O)CCCCCCCCCCCCCCCCC)C(=O)OCCC(C)(C)OCCC(C)(C)OC. The van der Waals surface area contributed by atoms with Gasteiger partial charge in [0.15, 0.2) is 0 Å². The molecule has 0 rings (SSSR count). The largest absolute Gasteiger partial charge is 0.463 e. The highest BCUT2D eigenvalue weighted by atomic mass is 16.6. The monoisotopic (exact) mass is 824 g/mol. The van der Waals surface area contributed by atoms with Crippen LogP contribution < -0.4 is 5.32 Å². The fraction of sp³-hybridized carbons (Fsp3) is 0.940. The van der Waals surface area contributed by atoms with E-state index in [1.165, 1.54) is 154 Å². The van der Waals surface area contributed by atoms with Crippen molar-refractivity contribution in [1.82, 2.24) is 5.32 Å². The fourth-order valence-corrected chi connectivity index (χ4v) is 7.22. The summed E-state index contributed by atoms with van der Waals surface area (Å²) < 4.78 is 22.8. The Morgan fingerprint density at radius 2 is 0.845 bits per heavy atom. The van der Waals surface area contributed by atoms with E-state index in [2.05, 4.69) is 19.2 Å². The Morgan fingerprint density at radius 1 is 0.483 bits per heavy atom. The molecule has 344 valence electrons. The molecule has 1 N–H and O–H groups in total. The highest BCUT2D eigenvalue weighted by molar-refractivity contribution is 5.81. The Balaban J connectivity index is 4.50. The van der Waals surface area contributed by atoms with E-state index in [1.807, 2.05) is 27.7 Å². The van der Waals surface area contributed by atoms with Gasteiger partial charge in [-0.2, -0.15) is 0 Å². The topological polar surface area (TPSA) is 100 Å². The molecular weight excluding hydrogens is 727 g/mol. The predicted octanol–water partition coefficient (Wildman–Crippen LogP) is 14.1. The van der Waals surface area contributed by atoms with Crippen LogP contribution >= 0.6 is 0 Å². The second-order valence-electron chi connectivity index (χ2n) is 18.4. The van der Waals surface area contributed by atoms with Crippen LogP contribution in [-0.4, -0.2) is 62.0 Å². The van der Waals surface area contributed by atoms with Crippen LogP contribution in [0, 0.1) is 0 Å². The molecule has 0 fully saturated rings. The lowest BCUT2D eigenvalue weighted by atomic mass is 10.0. The van der Waals surface area contributed by atoms with Crippen molar-refractivity contribution in [2.24, 2.45) is 0 Å². The van der Waals surface area contributed by atoms with Gasteiger partial charge in [0, 0.05) is 26.4 Å². The van der Waals surface area contributed by atoms with Gasteiger partial charge in [-0.3, -0.25) is 9.59 Å². The van der Waals surface area contributed by atoms with Crippen molar-refractivity contribution in [2.45, 2.75) is 277 Å². The average Bonchev–Trinajstić information content (AvgIpc) is 3.19. The van der Waals surface area contributed by atoms with Gasteiger partial charge in [0.1, 0.15) is 0 Å². The highest BCUT2D eigenvalue weighted by Gasteiger charge is 2.27. The van der Waals surface area contributed by atoms with E-state index in [9.17, 15) is 14.4 Å². The van der Waals surface area contributed by atoms with E-state index in [0.29, 0.717) is 19.4 Å². The number of esters is 2. The quantitative estimate of drug-likeness (QED) is 0.0482.